The molecule has 0 spiro atoms. The molecule has 192 valence electrons. The summed E-state index contributed by atoms with van der Waals surface area (Å²) in [6.45, 7) is 5.66. The minimum atomic E-state index is -0.830. The number of nitrogens with one attached hydrogen (secondary N) is 1. The Kier molecular flexibility index (Phi) is 8.80. The number of pyridine rings is 1. The standard InChI is InChI=1S/C28H36N4O3S/c1-21-19-23(9-11-25(21)31-14-16-32(17-15-31)28(34)35)29-13-5-3-4-6-18-36-24-10-7-22-8-12-27(33)30(2)26(22)20-24/h7-12,19-20,29H,3-6,13-18H2,1-2H3,(H,34,35). The first-order chi connectivity index (χ1) is 17.4. The maximum atomic E-state index is 11.9. The lowest BCUT2D eigenvalue weighted by Gasteiger charge is -2.35. The third-order valence-corrected chi connectivity index (χ3v) is 7.94. The Bertz CT molecular complexity index is 1250. The van der Waals surface area contributed by atoms with Gasteiger partial charge < -0.3 is 24.8 Å². The van der Waals surface area contributed by atoms with Gasteiger partial charge in [-0.05, 0) is 72.9 Å². The number of aromatic nitrogens is 1. The fourth-order valence-electron chi connectivity index (χ4n) is 4.70. The Morgan fingerprint density at radius 3 is 2.47 bits per heavy atom. The number of hydrogen-bond donors (Lipinski definition) is 2. The van der Waals surface area contributed by atoms with Crippen molar-refractivity contribution in [2.24, 2.45) is 7.05 Å². The van der Waals surface area contributed by atoms with Crippen LogP contribution in [0.1, 0.15) is 31.2 Å². The van der Waals surface area contributed by atoms with Crippen LogP contribution < -0.4 is 15.8 Å². The van der Waals surface area contributed by atoms with E-state index in [1.54, 1.807) is 10.6 Å². The van der Waals surface area contributed by atoms with E-state index in [0.29, 0.717) is 13.1 Å². The van der Waals surface area contributed by atoms with Crippen LogP contribution in [0.15, 0.2) is 58.2 Å². The molecule has 2 heterocycles. The first-order valence-electron chi connectivity index (χ1n) is 12.7. The molecule has 8 heteroatoms. The van der Waals surface area contributed by atoms with Crippen molar-refractivity contribution >= 4 is 40.1 Å². The minimum absolute atomic E-state index is 0.0282. The first-order valence-corrected chi connectivity index (χ1v) is 13.7. The second kappa shape index (κ2) is 12.2. The molecule has 3 aromatic rings. The molecule has 0 radical (unpaired) electrons. The van der Waals surface area contributed by atoms with Gasteiger partial charge in [-0.3, -0.25) is 4.79 Å². The van der Waals surface area contributed by atoms with Crippen molar-refractivity contribution in [1.29, 1.82) is 0 Å². The summed E-state index contributed by atoms with van der Waals surface area (Å²) in [5.74, 6) is 1.08. The molecular weight excluding hydrogens is 472 g/mol. The van der Waals surface area contributed by atoms with Gasteiger partial charge in [-0.2, -0.15) is 0 Å². The van der Waals surface area contributed by atoms with Gasteiger partial charge in [-0.25, -0.2) is 4.79 Å². The molecule has 36 heavy (non-hydrogen) atoms. The van der Waals surface area contributed by atoms with Crippen molar-refractivity contribution in [2.75, 3.05) is 48.7 Å². The lowest BCUT2D eigenvalue weighted by Crippen LogP contribution is -2.48. The molecule has 2 aromatic carbocycles. The molecule has 1 aromatic heterocycles. The molecule has 2 N–H and O–H groups in total. The number of amides is 1. The number of nitrogens with zero attached hydrogens (tertiary/aromatic N) is 3. The number of fused-ring (bicyclic) bond motifs is 1. The maximum absolute atomic E-state index is 11.9. The Balaban J connectivity index is 1.13. The van der Waals surface area contributed by atoms with Crippen LogP contribution in [-0.2, 0) is 7.05 Å². The third kappa shape index (κ3) is 6.55. The Morgan fingerprint density at radius 2 is 1.72 bits per heavy atom. The third-order valence-electron chi connectivity index (χ3n) is 6.86. The van der Waals surface area contributed by atoms with Gasteiger partial charge in [0.2, 0.25) is 0 Å². The normalized spacial score (nSPS) is 13.8. The molecule has 7 nitrogen and oxygen atoms in total. The van der Waals surface area contributed by atoms with Crippen molar-refractivity contribution in [3.8, 4) is 0 Å². The average Bonchev–Trinajstić information content (AvgIpc) is 2.88. The van der Waals surface area contributed by atoms with Crippen LogP contribution in [-0.4, -0.2) is 59.1 Å². The molecule has 0 aliphatic carbocycles. The summed E-state index contributed by atoms with van der Waals surface area (Å²) < 4.78 is 1.71. The second-order valence-electron chi connectivity index (χ2n) is 9.40. The summed E-state index contributed by atoms with van der Waals surface area (Å²) in [7, 11) is 1.83. The fourth-order valence-corrected chi connectivity index (χ4v) is 5.64. The molecule has 1 saturated heterocycles. The number of rotatable bonds is 10. The zero-order chi connectivity index (χ0) is 25.5. The van der Waals surface area contributed by atoms with E-state index in [1.165, 1.54) is 40.3 Å². The zero-order valence-corrected chi connectivity index (χ0v) is 22.0. The molecule has 0 atom stereocenters. The van der Waals surface area contributed by atoms with Gasteiger partial charge in [0.15, 0.2) is 0 Å². The van der Waals surface area contributed by atoms with Gasteiger partial charge in [-0.1, -0.05) is 18.9 Å². The van der Waals surface area contributed by atoms with E-state index < -0.39 is 6.09 Å². The Labute approximate surface area is 217 Å². The molecule has 1 fully saturated rings. The monoisotopic (exact) mass is 508 g/mol. The van der Waals surface area contributed by atoms with Crippen molar-refractivity contribution in [3.05, 3.63) is 64.4 Å². The topological polar surface area (TPSA) is 77.8 Å². The SMILES string of the molecule is Cc1cc(NCCCCCCSc2ccc3ccc(=O)n(C)c3c2)ccc1N1CCN(C(=O)O)CC1. The zero-order valence-electron chi connectivity index (χ0n) is 21.2. The number of hydrogen-bond acceptors (Lipinski definition) is 5. The fraction of sp³-hybridized carbons (Fsp3) is 0.429. The summed E-state index contributed by atoms with van der Waals surface area (Å²) in [6.07, 6.45) is 3.90. The minimum Gasteiger partial charge on any atom is -0.465 e. The van der Waals surface area contributed by atoms with Crippen molar-refractivity contribution in [2.45, 2.75) is 37.5 Å². The predicted octanol–water partition coefficient (Wildman–Crippen LogP) is 5.41. The smallest absolute Gasteiger partial charge is 0.407 e. The first kappa shape index (κ1) is 25.9. The van der Waals surface area contributed by atoms with E-state index in [9.17, 15) is 9.59 Å². The van der Waals surface area contributed by atoms with Gasteiger partial charge in [-0.15, -0.1) is 11.8 Å². The van der Waals surface area contributed by atoms with Crippen LogP contribution in [0.5, 0.6) is 0 Å². The summed E-state index contributed by atoms with van der Waals surface area (Å²) in [5, 5.41) is 13.8. The average molecular weight is 509 g/mol. The van der Waals surface area contributed by atoms with Crippen LogP contribution >= 0.6 is 11.8 Å². The molecule has 1 aliphatic rings. The van der Waals surface area contributed by atoms with Crippen molar-refractivity contribution in [1.82, 2.24) is 9.47 Å². The number of carboxylic acid groups (broad SMARTS) is 1. The number of thioether (sulfide) groups is 1. The quantitative estimate of drug-likeness (QED) is 0.282. The second-order valence-corrected chi connectivity index (χ2v) is 10.6. The lowest BCUT2D eigenvalue weighted by atomic mass is 10.1. The number of carbonyl (C=O) groups is 1. The number of anilines is 2. The van der Waals surface area contributed by atoms with Gasteiger partial charge in [0.05, 0.1) is 5.52 Å². The number of benzene rings is 2. The number of aryl methyl sites for hydroxylation is 2. The summed E-state index contributed by atoms with van der Waals surface area (Å²) in [5.41, 5.74) is 4.57. The van der Waals surface area contributed by atoms with Crippen LogP contribution in [0.3, 0.4) is 0 Å². The highest BCUT2D eigenvalue weighted by molar-refractivity contribution is 7.99. The van der Waals surface area contributed by atoms with Gasteiger partial charge >= 0.3 is 6.09 Å². The Hall–Kier alpha value is -3.13. The highest BCUT2D eigenvalue weighted by Gasteiger charge is 2.21. The van der Waals surface area contributed by atoms with Crippen molar-refractivity contribution < 1.29 is 9.90 Å². The van der Waals surface area contributed by atoms with E-state index in [2.05, 4.69) is 53.5 Å². The van der Waals surface area contributed by atoms with Crippen LogP contribution in [0.4, 0.5) is 16.2 Å². The van der Waals surface area contributed by atoms with Gasteiger partial charge in [0.1, 0.15) is 0 Å². The molecule has 1 aliphatic heterocycles. The van der Waals surface area contributed by atoms with Crippen molar-refractivity contribution in [3.63, 3.8) is 0 Å². The molecular formula is C28H36N4O3S. The number of unbranched alkanes of at least 4 members (excludes halogenated alkanes) is 3. The molecule has 4 rings (SSSR count). The number of piperazine rings is 1. The molecule has 0 saturated carbocycles. The highest BCUT2D eigenvalue weighted by Crippen LogP contribution is 2.26. The molecule has 1 amide bonds. The summed E-state index contributed by atoms with van der Waals surface area (Å²) in [6, 6.07) is 16.3. The molecule has 0 unspecified atom stereocenters. The van der Waals surface area contributed by atoms with Crippen LogP contribution in [0.2, 0.25) is 0 Å². The predicted molar refractivity (Wildman–Crippen MR) is 150 cm³/mol. The van der Waals surface area contributed by atoms with Gasteiger partial charge in [0, 0.05) is 62.1 Å². The van der Waals surface area contributed by atoms with E-state index in [4.69, 9.17) is 5.11 Å². The van der Waals surface area contributed by atoms with E-state index in [0.717, 1.165) is 48.4 Å². The Morgan fingerprint density at radius 1 is 0.972 bits per heavy atom. The highest BCUT2D eigenvalue weighted by atomic mass is 32.2. The van der Waals surface area contributed by atoms with Gasteiger partial charge in [0.25, 0.3) is 5.56 Å². The maximum Gasteiger partial charge on any atom is 0.407 e. The van der Waals surface area contributed by atoms with Crippen LogP contribution in [0.25, 0.3) is 10.9 Å². The van der Waals surface area contributed by atoms with E-state index in [1.807, 2.05) is 24.9 Å². The van der Waals surface area contributed by atoms with Crippen LogP contribution in [0, 0.1) is 6.92 Å². The summed E-state index contributed by atoms with van der Waals surface area (Å²) in [4.78, 5) is 28.0. The molecule has 0 bridgehead atoms. The van der Waals surface area contributed by atoms with E-state index in [-0.39, 0.29) is 5.56 Å². The van der Waals surface area contributed by atoms with E-state index >= 15 is 0 Å². The largest absolute Gasteiger partial charge is 0.465 e. The lowest BCUT2D eigenvalue weighted by molar-refractivity contribution is 0.142. The summed E-state index contributed by atoms with van der Waals surface area (Å²) >= 11 is 1.86.